The molecule has 0 unspecified atom stereocenters. The molecule has 2 aromatic rings. The van der Waals surface area contributed by atoms with Crippen molar-refractivity contribution in [3.63, 3.8) is 0 Å². The molecule has 0 saturated carbocycles. The van der Waals surface area contributed by atoms with Crippen LogP contribution in [0.25, 0.3) is 0 Å². The summed E-state index contributed by atoms with van der Waals surface area (Å²) < 4.78 is 0. The zero-order valence-electron chi connectivity index (χ0n) is 15.3. The van der Waals surface area contributed by atoms with Crippen molar-refractivity contribution in [2.45, 2.75) is 33.1 Å². The van der Waals surface area contributed by atoms with E-state index in [1.807, 2.05) is 18.2 Å². The number of thiazole rings is 1. The zero-order chi connectivity index (χ0) is 19.4. The van der Waals surface area contributed by atoms with Gasteiger partial charge < -0.3 is 15.5 Å². The third-order valence-electron chi connectivity index (χ3n) is 4.19. The SMILES string of the molecule is CC(C)C(=O)Nc1nc(CC(=O)Nc2ccccc2N2CCCC2=O)cs1. The molecule has 0 spiro atoms. The van der Waals surface area contributed by atoms with Crippen LogP contribution in [0.5, 0.6) is 0 Å². The molecule has 0 bridgehead atoms. The number of anilines is 3. The van der Waals surface area contributed by atoms with Gasteiger partial charge in [-0.3, -0.25) is 14.4 Å². The summed E-state index contributed by atoms with van der Waals surface area (Å²) in [4.78, 5) is 42.2. The van der Waals surface area contributed by atoms with E-state index in [0.29, 0.717) is 29.5 Å². The lowest BCUT2D eigenvalue weighted by atomic mass is 10.2. The molecule has 1 aromatic heterocycles. The first-order valence-electron chi connectivity index (χ1n) is 8.88. The van der Waals surface area contributed by atoms with Gasteiger partial charge in [0.15, 0.2) is 5.13 Å². The molecular weight excluding hydrogens is 364 g/mol. The van der Waals surface area contributed by atoms with Crippen molar-refractivity contribution >= 4 is 45.6 Å². The molecule has 1 aromatic carbocycles. The molecule has 1 fully saturated rings. The fourth-order valence-corrected chi connectivity index (χ4v) is 3.48. The summed E-state index contributed by atoms with van der Waals surface area (Å²) in [6.07, 6.45) is 1.45. The van der Waals surface area contributed by atoms with E-state index >= 15 is 0 Å². The van der Waals surface area contributed by atoms with Crippen molar-refractivity contribution in [1.82, 2.24) is 4.98 Å². The Morgan fingerprint density at radius 1 is 1.26 bits per heavy atom. The Balaban J connectivity index is 1.64. The second-order valence-corrected chi connectivity index (χ2v) is 7.54. The molecular formula is C19H22N4O3S. The Hall–Kier alpha value is -2.74. The Kier molecular flexibility index (Phi) is 5.85. The van der Waals surface area contributed by atoms with Gasteiger partial charge in [-0.15, -0.1) is 11.3 Å². The van der Waals surface area contributed by atoms with Gasteiger partial charge in [0.25, 0.3) is 0 Å². The quantitative estimate of drug-likeness (QED) is 0.798. The van der Waals surface area contributed by atoms with Gasteiger partial charge in [0, 0.05) is 24.3 Å². The smallest absolute Gasteiger partial charge is 0.230 e. The maximum absolute atomic E-state index is 12.4. The summed E-state index contributed by atoms with van der Waals surface area (Å²) in [5.41, 5.74) is 1.92. The largest absolute Gasteiger partial charge is 0.324 e. The summed E-state index contributed by atoms with van der Waals surface area (Å²) in [7, 11) is 0. The highest BCUT2D eigenvalue weighted by atomic mass is 32.1. The minimum absolute atomic E-state index is 0.0711. The molecule has 0 aliphatic carbocycles. The van der Waals surface area contributed by atoms with Crippen LogP contribution in [-0.4, -0.2) is 29.3 Å². The van der Waals surface area contributed by atoms with Gasteiger partial charge in [0.1, 0.15) is 0 Å². The van der Waals surface area contributed by atoms with Crippen molar-refractivity contribution in [3.05, 3.63) is 35.3 Å². The molecule has 1 saturated heterocycles. The van der Waals surface area contributed by atoms with Gasteiger partial charge in [-0.25, -0.2) is 4.98 Å². The van der Waals surface area contributed by atoms with Crippen molar-refractivity contribution in [1.29, 1.82) is 0 Å². The number of nitrogens with zero attached hydrogens (tertiary/aromatic N) is 2. The molecule has 8 heteroatoms. The number of rotatable bonds is 6. The Labute approximate surface area is 161 Å². The predicted molar refractivity (Wildman–Crippen MR) is 106 cm³/mol. The number of para-hydroxylation sites is 2. The average molecular weight is 386 g/mol. The number of benzene rings is 1. The Morgan fingerprint density at radius 2 is 2.04 bits per heavy atom. The lowest BCUT2D eigenvalue weighted by molar-refractivity contribution is -0.119. The minimum Gasteiger partial charge on any atom is -0.324 e. The normalized spacial score (nSPS) is 13.9. The van der Waals surface area contributed by atoms with E-state index in [-0.39, 0.29) is 30.1 Å². The lowest BCUT2D eigenvalue weighted by Crippen LogP contribution is -2.26. The molecule has 3 amide bonds. The Morgan fingerprint density at radius 3 is 2.74 bits per heavy atom. The molecule has 3 rings (SSSR count). The molecule has 27 heavy (non-hydrogen) atoms. The van der Waals surface area contributed by atoms with Gasteiger partial charge in [-0.2, -0.15) is 0 Å². The van der Waals surface area contributed by atoms with Gasteiger partial charge >= 0.3 is 0 Å². The van der Waals surface area contributed by atoms with Gasteiger partial charge in [-0.1, -0.05) is 26.0 Å². The number of amides is 3. The van der Waals surface area contributed by atoms with Crippen LogP contribution in [0.2, 0.25) is 0 Å². The van der Waals surface area contributed by atoms with E-state index < -0.39 is 0 Å². The van der Waals surface area contributed by atoms with E-state index in [0.717, 1.165) is 12.1 Å². The third-order valence-corrected chi connectivity index (χ3v) is 5.00. The van der Waals surface area contributed by atoms with Crippen molar-refractivity contribution in [2.24, 2.45) is 5.92 Å². The summed E-state index contributed by atoms with van der Waals surface area (Å²) in [6, 6.07) is 7.29. The van der Waals surface area contributed by atoms with Crippen molar-refractivity contribution < 1.29 is 14.4 Å². The highest BCUT2D eigenvalue weighted by molar-refractivity contribution is 7.13. The monoisotopic (exact) mass is 386 g/mol. The number of hydrogen-bond donors (Lipinski definition) is 2. The van der Waals surface area contributed by atoms with Crippen LogP contribution in [0, 0.1) is 5.92 Å². The second-order valence-electron chi connectivity index (χ2n) is 6.68. The molecule has 1 aliphatic heterocycles. The van der Waals surface area contributed by atoms with Gasteiger partial charge in [0.05, 0.1) is 23.5 Å². The fraction of sp³-hybridized carbons (Fsp3) is 0.368. The maximum atomic E-state index is 12.4. The lowest BCUT2D eigenvalue weighted by Gasteiger charge is -2.19. The molecule has 2 heterocycles. The first-order chi connectivity index (χ1) is 12.9. The molecule has 0 atom stereocenters. The van der Waals surface area contributed by atoms with Crippen LogP contribution < -0.4 is 15.5 Å². The van der Waals surface area contributed by atoms with Crippen LogP contribution >= 0.6 is 11.3 Å². The zero-order valence-corrected chi connectivity index (χ0v) is 16.1. The number of aromatic nitrogens is 1. The minimum atomic E-state index is -0.221. The number of carbonyl (C=O) groups excluding carboxylic acids is 3. The van der Waals surface area contributed by atoms with E-state index in [2.05, 4.69) is 15.6 Å². The van der Waals surface area contributed by atoms with Gasteiger partial charge in [-0.05, 0) is 18.6 Å². The molecule has 142 valence electrons. The van der Waals surface area contributed by atoms with E-state index in [1.165, 1.54) is 11.3 Å². The predicted octanol–water partition coefficient (Wildman–Crippen LogP) is 3.05. The second kappa shape index (κ2) is 8.30. The first-order valence-corrected chi connectivity index (χ1v) is 9.76. The third kappa shape index (κ3) is 4.71. The molecule has 7 nitrogen and oxygen atoms in total. The average Bonchev–Trinajstić information content (AvgIpc) is 3.24. The summed E-state index contributed by atoms with van der Waals surface area (Å²) >= 11 is 1.29. The van der Waals surface area contributed by atoms with E-state index in [1.54, 1.807) is 30.2 Å². The number of nitrogens with one attached hydrogen (secondary N) is 2. The molecule has 0 radical (unpaired) electrons. The van der Waals surface area contributed by atoms with Crippen LogP contribution in [0.1, 0.15) is 32.4 Å². The highest BCUT2D eigenvalue weighted by Crippen LogP contribution is 2.29. The first kappa shape index (κ1) is 19.0. The Bertz CT molecular complexity index is 862. The highest BCUT2D eigenvalue weighted by Gasteiger charge is 2.24. The fourth-order valence-electron chi connectivity index (χ4n) is 2.77. The van der Waals surface area contributed by atoms with Crippen LogP contribution in [0.15, 0.2) is 29.6 Å². The standard InChI is InChI=1S/C19H22N4O3S/c1-12(2)18(26)22-19-20-13(11-27-19)10-16(24)21-14-6-3-4-7-15(14)23-9-5-8-17(23)25/h3-4,6-7,11-12H,5,8-10H2,1-2H3,(H,21,24)(H,20,22,26). The number of carbonyl (C=O) groups is 3. The topological polar surface area (TPSA) is 91.4 Å². The summed E-state index contributed by atoms with van der Waals surface area (Å²) in [6.45, 7) is 4.27. The van der Waals surface area contributed by atoms with Gasteiger partial charge in [0.2, 0.25) is 17.7 Å². The van der Waals surface area contributed by atoms with Crippen LogP contribution in [-0.2, 0) is 20.8 Å². The summed E-state index contributed by atoms with van der Waals surface area (Å²) in [5, 5.41) is 7.84. The van der Waals surface area contributed by atoms with Crippen LogP contribution in [0.4, 0.5) is 16.5 Å². The van der Waals surface area contributed by atoms with Crippen molar-refractivity contribution in [2.75, 3.05) is 22.1 Å². The van der Waals surface area contributed by atoms with Crippen molar-refractivity contribution in [3.8, 4) is 0 Å². The molecule has 2 N–H and O–H groups in total. The summed E-state index contributed by atoms with van der Waals surface area (Å²) in [5.74, 6) is -0.391. The van der Waals surface area contributed by atoms with E-state index in [9.17, 15) is 14.4 Å². The number of hydrogen-bond acceptors (Lipinski definition) is 5. The maximum Gasteiger partial charge on any atom is 0.230 e. The molecule has 1 aliphatic rings. The van der Waals surface area contributed by atoms with E-state index in [4.69, 9.17) is 0 Å². The van der Waals surface area contributed by atoms with Crippen LogP contribution in [0.3, 0.4) is 0 Å².